The lowest BCUT2D eigenvalue weighted by Crippen LogP contribution is -2.25. The van der Waals surface area contributed by atoms with Crippen LogP contribution in [0, 0.1) is 6.92 Å². The first-order valence-electron chi connectivity index (χ1n) is 6.60. The maximum Gasteiger partial charge on any atom is 0.160 e. The first-order valence-corrected chi connectivity index (χ1v) is 7.13. The highest BCUT2D eigenvalue weighted by atomic mass is 35.5. The predicted molar refractivity (Wildman–Crippen MR) is 79.4 cm³/mol. The first kappa shape index (κ1) is 15.2. The summed E-state index contributed by atoms with van der Waals surface area (Å²) in [5.74, 6) is 1.47. The molecule has 1 unspecified atom stereocenters. The minimum absolute atomic E-state index is 0.0335. The van der Waals surface area contributed by atoms with Crippen molar-refractivity contribution in [1.82, 2.24) is 14.5 Å². The Morgan fingerprint density at radius 1 is 1.30 bits per heavy atom. The van der Waals surface area contributed by atoms with Crippen molar-refractivity contribution in [3.05, 3.63) is 23.7 Å². The Hall–Kier alpha value is -1.17. The number of alkyl halides is 1. The molecule has 2 heterocycles. The molecule has 0 fully saturated rings. The molecule has 0 radical (unpaired) electrons. The number of aromatic nitrogens is 3. The zero-order valence-electron chi connectivity index (χ0n) is 12.1. The highest BCUT2D eigenvalue weighted by Crippen LogP contribution is 2.17. The number of pyridine rings is 1. The summed E-state index contributed by atoms with van der Waals surface area (Å²) < 4.78 is 12.7. The molecule has 2 aromatic heterocycles. The van der Waals surface area contributed by atoms with Crippen LogP contribution in [-0.2, 0) is 22.4 Å². The SMILES string of the molecule is COCC(Cn1c(CCCl)nc2ccc(C)nc21)OC. The lowest BCUT2D eigenvalue weighted by Gasteiger charge is -2.17. The normalized spacial score (nSPS) is 13.0. The van der Waals surface area contributed by atoms with E-state index in [-0.39, 0.29) is 6.10 Å². The zero-order chi connectivity index (χ0) is 14.5. The Kier molecular flexibility index (Phi) is 5.34. The quantitative estimate of drug-likeness (QED) is 0.735. The zero-order valence-corrected chi connectivity index (χ0v) is 12.9. The van der Waals surface area contributed by atoms with E-state index >= 15 is 0 Å². The fraction of sp³-hybridized carbons (Fsp3) is 0.571. The molecule has 2 aromatic rings. The second-order valence-corrected chi connectivity index (χ2v) is 5.06. The van der Waals surface area contributed by atoms with Crippen LogP contribution in [0.5, 0.6) is 0 Å². The Morgan fingerprint density at radius 2 is 2.10 bits per heavy atom. The van der Waals surface area contributed by atoms with Crippen LogP contribution in [0.15, 0.2) is 12.1 Å². The monoisotopic (exact) mass is 297 g/mol. The molecule has 110 valence electrons. The number of halogens is 1. The van der Waals surface area contributed by atoms with Crippen molar-refractivity contribution in [2.24, 2.45) is 0 Å². The molecule has 0 aliphatic carbocycles. The van der Waals surface area contributed by atoms with Crippen LogP contribution in [-0.4, -0.2) is 47.3 Å². The Morgan fingerprint density at radius 3 is 2.75 bits per heavy atom. The lowest BCUT2D eigenvalue weighted by molar-refractivity contribution is 0.0185. The molecule has 0 aliphatic rings. The number of rotatable bonds is 7. The van der Waals surface area contributed by atoms with Gasteiger partial charge in [0.25, 0.3) is 0 Å². The molecule has 6 heteroatoms. The van der Waals surface area contributed by atoms with E-state index in [0.717, 1.165) is 22.7 Å². The number of hydrogen-bond donors (Lipinski definition) is 0. The molecular formula is C14H20ClN3O2. The molecule has 0 bridgehead atoms. The summed E-state index contributed by atoms with van der Waals surface area (Å²) in [6.07, 6.45) is 0.675. The molecule has 0 saturated heterocycles. The highest BCUT2D eigenvalue weighted by Gasteiger charge is 2.16. The first-order chi connectivity index (χ1) is 9.69. The third-order valence-corrected chi connectivity index (χ3v) is 3.39. The molecule has 2 rings (SSSR count). The number of imidazole rings is 1. The largest absolute Gasteiger partial charge is 0.382 e. The third kappa shape index (κ3) is 3.29. The van der Waals surface area contributed by atoms with E-state index in [0.29, 0.717) is 25.5 Å². The van der Waals surface area contributed by atoms with Gasteiger partial charge < -0.3 is 14.0 Å². The standard InChI is InChI=1S/C14H20ClN3O2/c1-10-4-5-12-14(16-10)18(13(17-12)6-7-15)8-11(20-3)9-19-2/h4-5,11H,6-9H2,1-3H3. The van der Waals surface area contributed by atoms with Crippen LogP contribution in [0.3, 0.4) is 0 Å². The molecule has 0 spiro atoms. The molecule has 0 aliphatic heterocycles. The van der Waals surface area contributed by atoms with E-state index in [2.05, 4.69) is 14.5 Å². The second-order valence-electron chi connectivity index (χ2n) is 4.69. The number of nitrogens with zero attached hydrogens (tertiary/aromatic N) is 3. The summed E-state index contributed by atoms with van der Waals surface area (Å²) in [6.45, 7) is 3.16. The van der Waals surface area contributed by atoms with Crippen LogP contribution in [0.4, 0.5) is 0 Å². The molecule has 5 nitrogen and oxygen atoms in total. The van der Waals surface area contributed by atoms with Crippen LogP contribution in [0.25, 0.3) is 11.2 Å². The van der Waals surface area contributed by atoms with Crippen molar-refractivity contribution in [1.29, 1.82) is 0 Å². The predicted octanol–water partition coefficient (Wildman–Crippen LogP) is 2.18. The molecule has 0 amide bonds. The third-order valence-electron chi connectivity index (χ3n) is 3.20. The van der Waals surface area contributed by atoms with Crippen molar-refractivity contribution < 1.29 is 9.47 Å². The number of aryl methyl sites for hydroxylation is 2. The van der Waals surface area contributed by atoms with Crippen molar-refractivity contribution in [3.8, 4) is 0 Å². The average Bonchev–Trinajstić information content (AvgIpc) is 2.76. The van der Waals surface area contributed by atoms with E-state index in [1.165, 1.54) is 0 Å². The Balaban J connectivity index is 2.41. The smallest absolute Gasteiger partial charge is 0.160 e. The average molecular weight is 298 g/mol. The van der Waals surface area contributed by atoms with E-state index in [1.54, 1.807) is 14.2 Å². The summed E-state index contributed by atoms with van der Waals surface area (Å²) in [5.41, 5.74) is 2.74. The minimum atomic E-state index is -0.0335. The van der Waals surface area contributed by atoms with Crippen LogP contribution in [0.2, 0.25) is 0 Å². The van der Waals surface area contributed by atoms with Crippen molar-refractivity contribution in [2.45, 2.75) is 26.0 Å². The van der Waals surface area contributed by atoms with Crippen molar-refractivity contribution in [3.63, 3.8) is 0 Å². The Bertz CT molecular complexity index is 571. The summed E-state index contributed by atoms with van der Waals surface area (Å²) >= 11 is 5.87. The van der Waals surface area contributed by atoms with E-state index < -0.39 is 0 Å². The molecule has 1 atom stereocenters. The number of fused-ring (bicyclic) bond motifs is 1. The van der Waals surface area contributed by atoms with Crippen LogP contribution >= 0.6 is 11.6 Å². The van der Waals surface area contributed by atoms with Gasteiger partial charge in [0.1, 0.15) is 11.3 Å². The molecule has 0 N–H and O–H groups in total. The topological polar surface area (TPSA) is 49.2 Å². The van der Waals surface area contributed by atoms with Gasteiger partial charge in [-0.15, -0.1) is 11.6 Å². The van der Waals surface area contributed by atoms with Crippen LogP contribution < -0.4 is 0 Å². The van der Waals surface area contributed by atoms with Gasteiger partial charge in [0.2, 0.25) is 0 Å². The van der Waals surface area contributed by atoms with Gasteiger partial charge in [0, 0.05) is 32.2 Å². The van der Waals surface area contributed by atoms with Gasteiger partial charge in [0.15, 0.2) is 5.65 Å². The maximum absolute atomic E-state index is 5.87. The summed E-state index contributed by atoms with van der Waals surface area (Å²) in [7, 11) is 3.35. The number of ether oxygens (including phenoxy) is 2. The molecule has 0 saturated carbocycles. The van der Waals surface area contributed by atoms with Gasteiger partial charge in [-0.3, -0.25) is 0 Å². The molecule has 20 heavy (non-hydrogen) atoms. The summed E-state index contributed by atoms with van der Waals surface area (Å²) in [4.78, 5) is 9.20. The van der Waals surface area contributed by atoms with Crippen molar-refractivity contribution >= 4 is 22.8 Å². The molecular weight excluding hydrogens is 278 g/mol. The fourth-order valence-electron chi connectivity index (χ4n) is 2.20. The second kappa shape index (κ2) is 7.02. The maximum atomic E-state index is 5.87. The van der Waals surface area contributed by atoms with Gasteiger partial charge in [-0.2, -0.15) is 0 Å². The lowest BCUT2D eigenvalue weighted by atomic mass is 10.3. The van der Waals surface area contributed by atoms with Crippen LogP contribution in [0.1, 0.15) is 11.5 Å². The Labute approximate surface area is 123 Å². The van der Waals surface area contributed by atoms with E-state index in [1.807, 2.05) is 19.1 Å². The van der Waals surface area contributed by atoms with Gasteiger partial charge >= 0.3 is 0 Å². The van der Waals surface area contributed by atoms with Gasteiger partial charge in [-0.1, -0.05) is 0 Å². The number of hydrogen-bond acceptors (Lipinski definition) is 4. The van der Waals surface area contributed by atoms with Gasteiger partial charge in [0.05, 0.1) is 19.3 Å². The molecule has 0 aromatic carbocycles. The summed E-state index contributed by atoms with van der Waals surface area (Å²) in [6, 6.07) is 3.96. The van der Waals surface area contributed by atoms with Gasteiger partial charge in [-0.05, 0) is 19.1 Å². The van der Waals surface area contributed by atoms with Crippen molar-refractivity contribution in [2.75, 3.05) is 26.7 Å². The summed E-state index contributed by atoms with van der Waals surface area (Å²) in [5, 5.41) is 0. The number of methoxy groups -OCH3 is 2. The van der Waals surface area contributed by atoms with E-state index in [9.17, 15) is 0 Å². The van der Waals surface area contributed by atoms with Gasteiger partial charge in [-0.25, -0.2) is 9.97 Å². The minimum Gasteiger partial charge on any atom is -0.382 e. The van der Waals surface area contributed by atoms with E-state index in [4.69, 9.17) is 21.1 Å². The highest BCUT2D eigenvalue weighted by molar-refractivity contribution is 6.17. The fourth-order valence-corrected chi connectivity index (χ4v) is 2.36.